The van der Waals surface area contributed by atoms with Gasteiger partial charge in [0.1, 0.15) is 24.0 Å². The first-order chi connectivity index (χ1) is 13.5. The van der Waals surface area contributed by atoms with Gasteiger partial charge in [0.25, 0.3) is 5.56 Å². The number of hydrogen-bond donors (Lipinski definition) is 2. The van der Waals surface area contributed by atoms with E-state index >= 15 is 0 Å². The number of fused-ring (bicyclic) bond motifs is 1. The topological polar surface area (TPSA) is 84.1 Å². The lowest BCUT2D eigenvalue weighted by atomic mass is 9.87. The van der Waals surface area contributed by atoms with E-state index in [1.807, 2.05) is 48.5 Å². The Hall–Kier alpha value is -3.12. The molecule has 1 atom stereocenters. The van der Waals surface area contributed by atoms with Gasteiger partial charge in [-0.2, -0.15) is 0 Å². The lowest BCUT2D eigenvalue weighted by molar-refractivity contribution is -0.116. The summed E-state index contributed by atoms with van der Waals surface area (Å²) < 4.78 is 5.80. The van der Waals surface area contributed by atoms with Crippen LogP contribution < -0.4 is 15.6 Å². The number of anilines is 1. The number of aryl methyl sites for hydroxylation is 1. The molecule has 0 radical (unpaired) electrons. The van der Waals surface area contributed by atoms with Gasteiger partial charge in [0.2, 0.25) is 5.91 Å². The van der Waals surface area contributed by atoms with Crippen LogP contribution in [-0.2, 0) is 11.4 Å². The number of carbonyl (C=O) groups excluding carboxylic acids is 1. The van der Waals surface area contributed by atoms with E-state index in [1.54, 1.807) is 6.92 Å². The lowest BCUT2D eigenvalue weighted by Gasteiger charge is -2.24. The van der Waals surface area contributed by atoms with Gasteiger partial charge in [-0.3, -0.25) is 9.59 Å². The van der Waals surface area contributed by atoms with Gasteiger partial charge in [0.05, 0.1) is 5.56 Å². The minimum atomic E-state index is -0.342. The molecule has 28 heavy (non-hydrogen) atoms. The van der Waals surface area contributed by atoms with Crippen molar-refractivity contribution in [2.24, 2.45) is 0 Å². The second-order valence-electron chi connectivity index (χ2n) is 6.70. The Morgan fingerprint density at radius 3 is 2.54 bits per heavy atom. The predicted octanol–water partition coefficient (Wildman–Crippen LogP) is 3.78. The van der Waals surface area contributed by atoms with Crippen LogP contribution in [0.15, 0.2) is 53.3 Å². The summed E-state index contributed by atoms with van der Waals surface area (Å²) in [5.74, 6) is 1.01. The summed E-state index contributed by atoms with van der Waals surface area (Å²) in [5, 5.41) is 3.38. The highest BCUT2D eigenvalue weighted by Gasteiger charge is 2.30. The Kier molecular flexibility index (Phi) is 4.88. The molecule has 0 saturated carbocycles. The molecule has 1 aromatic heterocycles. The van der Waals surface area contributed by atoms with Gasteiger partial charge >= 0.3 is 0 Å². The Morgan fingerprint density at radius 2 is 1.82 bits per heavy atom. The zero-order valence-electron chi connectivity index (χ0n) is 15.2. The number of aromatic nitrogens is 2. The summed E-state index contributed by atoms with van der Waals surface area (Å²) in [5.41, 5.74) is 2.14. The first-order valence-corrected chi connectivity index (χ1v) is 9.25. The van der Waals surface area contributed by atoms with E-state index in [0.29, 0.717) is 34.6 Å². The standard InChI is InChI=1S/C21H18ClN3O3/c1-12-23-20-19(21(27)24-12)17(10-18(26)25-20)14-4-8-16(9-5-14)28-11-13-2-6-15(22)7-3-13/h2-9,17H,10-11H2,1H3,(H2,23,24,25,26,27)/t17-/m1/s1. The van der Waals surface area contributed by atoms with Crippen molar-refractivity contribution in [1.82, 2.24) is 9.97 Å². The molecule has 0 aliphatic carbocycles. The molecule has 1 aliphatic heterocycles. The van der Waals surface area contributed by atoms with Crippen molar-refractivity contribution in [2.45, 2.75) is 25.9 Å². The molecule has 0 unspecified atom stereocenters. The molecule has 4 rings (SSSR count). The van der Waals surface area contributed by atoms with Gasteiger partial charge in [0.15, 0.2) is 0 Å². The number of nitrogens with one attached hydrogen (secondary N) is 2. The lowest BCUT2D eigenvalue weighted by Crippen LogP contribution is -2.31. The third-order valence-corrected chi connectivity index (χ3v) is 4.92. The highest BCUT2D eigenvalue weighted by atomic mass is 35.5. The maximum absolute atomic E-state index is 12.4. The van der Waals surface area contributed by atoms with Crippen molar-refractivity contribution in [2.75, 3.05) is 5.32 Å². The molecule has 0 bridgehead atoms. The fraction of sp³-hybridized carbons (Fsp3) is 0.190. The smallest absolute Gasteiger partial charge is 0.256 e. The fourth-order valence-corrected chi connectivity index (χ4v) is 3.44. The Morgan fingerprint density at radius 1 is 1.11 bits per heavy atom. The highest BCUT2D eigenvalue weighted by molar-refractivity contribution is 6.30. The first kappa shape index (κ1) is 18.3. The molecule has 142 valence electrons. The van der Waals surface area contributed by atoms with Crippen LogP contribution >= 0.6 is 11.6 Å². The summed E-state index contributed by atoms with van der Waals surface area (Å²) in [7, 11) is 0. The highest BCUT2D eigenvalue weighted by Crippen LogP contribution is 2.34. The third kappa shape index (κ3) is 3.77. The average molecular weight is 396 g/mol. The van der Waals surface area contributed by atoms with E-state index in [4.69, 9.17) is 16.3 Å². The van der Waals surface area contributed by atoms with Gasteiger partial charge in [-0.05, 0) is 42.3 Å². The molecule has 0 spiro atoms. The number of amides is 1. The van der Waals surface area contributed by atoms with Crippen LogP contribution in [0.25, 0.3) is 0 Å². The van der Waals surface area contributed by atoms with Gasteiger partial charge < -0.3 is 15.0 Å². The van der Waals surface area contributed by atoms with Gasteiger partial charge in [0, 0.05) is 17.4 Å². The van der Waals surface area contributed by atoms with E-state index in [1.165, 1.54) is 0 Å². The van der Waals surface area contributed by atoms with Crippen LogP contribution in [0.2, 0.25) is 5.02 Å². The number of aromatic amines is 1. The van der Waals surface area contributed by atoms with Gasteiger partial charge in [-0.15, -0.1) is 0 Å². The molecule has 0 saturated heterocycles. The van der Waals surface area contributed by atoms with Gasteiger partial charge in [-0.1, -0.05) is 35.9 Å². The zero-order valence-corrected chi connectivity index (χ0v) is 15.9. The van der Waals surface area contributed by atoms with E-state index in [-0.39, 0.29) is 23.8 Å². The molecule has 7 heteroatoms. The Labute approximate surface area is 166 Å². The molecular formula is C21H18ClN3O3. The van der Waals surface area contributed by atoms with Crippen LogP contribution in [0.5, 0.6) is 5.75 Å². The second kappa shape index (κ2) is 7.48. The van der Waals surface area contributed by atoms with Crippen LogP contribution in [0, 0.1) is 6.92 Å². The van der Waals surface area contributed by atoms with Crippen molar-refractivity contribution in [3.05, 3.63) is 86.4 Å². The number of carbonyl (C=O) groups is 1. The van der Waals surface area contributed by atoms with Crippen molar-refractivity contribution < 1.29 is 9.53 Å². The molecule has 1 aliphatic rings. The molecule has 2 heterocycles. The summed E-state index contributed by atoms with van der Waals surface area (Å²) in [6.07, 6.45) is 0.200. The normalized spacial score (nSPS) is 15.6. The van der Waals surface area contributed by atoms with Gasteiger partial charge in [-0.25, -0.2) is 4.98 Å². The number of H-pyrrole nitrogens is 1. The summed E-state index contributed by atoms with van der Waals surface area (Å²) >= 11 is 5.89. The third-order valence-electron chi connectivity index (χ3n) is 4.67. The molecule has 2 aromatic carbocycles. The molecule has 2 N–H and O–H groups in total. The minimum absolute atomic E-state index is 0.155. The molecule has 0 fully saturated rings. The number of nitrogens with zero attached hydrogens (tertiary/aromatic N) is 1. The summed E-state index contributed by atoms with van der Waals surface area (Å²) in [4.78, 5) is 31.5. The molecule has 3 aromatic rings. The zero-order chi connectivity index (χ0) is 19.7. The fourth-order valence-electron chi connectivity index (χ4n) is 3.31. The predicted molar refractivity (Wildman–Crippen MR) is 107 cm³/mol. The van der Waals surface area contributed by atoms with E-state index in [2.05, 4.69) is 15.3 Å². The van der Waals surface area contributed by atoms with Crippen molar-refractivity contribution >= 4 is 23.3 Å². The summed E-state index contributed by atoms with van der Waals surface area (Å²) in [6, 6.07) is 14.9. The number of rotatable bonds is 4. The maximum atomic E-state index is 12.4. The van der Waals surface area contributed by atoms with Crippen molar-refractivity contribution in [3.8, 4) is 5.75 Å². The van der Waals surface area contributed by atoms with E-state index in [0.717, 1.165) is 11.1 Å². The SMILES string of the molecule is Cc1nc2c(c(=O)[nH]1)[C@@H](c1ccc(OCc3ccc(Cl)cc3)cc1)CC(=O)N2. The van der Waals surface area contributed by atoms with Crippen LogP contribution in [0.4, 0.5) is 5.82 Å². The van der Waals surface area contributed by atoms with Crippen molar-refractivity contribution in [3.63, 3.8) is 0 Å². The Balaban J connectivity index is 1.55. The Bertz CT molecular complexity index is 1080. The maximum Gasteiger partial charge on any atom is 0.256 e. The largest absolute Gasteiger partial charge is 0.489 e. The number of ether oxygens (including phenoxy) is 1. The molecular weight excluding hydrogens is 378 g/mol. The quantitative estimate of drug-likeness (QED) is 0.704. The minimum Gasteiger partial charge on any atom is -0.489 e. The monoisotopic (exact) mass is 395 g/mol. The van der Waals surface area contributed by atoms with Crippen LogP contribution in [-0.4, -0.2) is 15.9 Å². The number of benzene rings is 2. The van der Waals surface area contributed by atoms with Crippen molar-refractivity contribution in [1.29, 1.82) is 0 Å². The van der Waals surface area contributed by atoms with Crippen LogP contribution in [0.3, 0.4) is 0 Å². The number of hydrogen-bond acceptors (Lipinski definition) is 4. The molecule has 1 amide bonds. The van der Waals surface area contributed by atoms with E-state index in [9.17, 15) is 9.59 Å². The number of halogens is 1. The van der Waals surface area contributed by atoms with Crippen LogP contribution in [0.1, 0.15) is 34.9 Å². The summed E-state index contributed by atoms with van der Waals surface area (Å²) in [6.45, 7) is 2.11. The average Bonchev–Trinajstić information content (AvgIpc) is 2.67. The first-order valence-electron chi connectivity index (χ1n) is 8.87. The second-order valence-corrected chi connectivity index (χ2v) is 7.14. The van der Waals surface area contributed by atoms with E-state index < -0.39 is 0 Å². The molecule has 6 nitrogen and oxygen atoms in total.